The molecule has 108 valence electrons. The Morgan fingerprint density at radius 3 is 2.58 bits per heavy atom. The van der Waals surface area contributed by atoms with Crippen LogP contribution in [0.4, 0.5) is 0 Å². The molecule has 0 bridgehead atoms. The summed E-state index contributed by atoms with van der Waals surface area (Å²) in [5.74, 6) is 0. The quantitative estimate of drug-likeness (QED) is 0.617. The van der Waals surface area contributed by atoms with E-state index in [9.17, 15) is 0 Å². The fourth-order valence-electron chi connectivity index (χ4n) is 2.61. The van der Waals surface area contributed by atoms with Crippen LogP contribution in [0.15, 0.2) is 5.10 Å². The lowest BCUT2D eigenvalue weighted by Crippen LogP contribution is -2.37. The maximum atomic E-state index is 5.54. The highest BCUT2D eigenvalue weighted by molar-refractivity contribution is 7.80. The van der Waals surface area contributed by atoms with Gasteiger partial charge in [0, 0.05) is 18.9 Å². The van der Waals surface area contributed by atoms with Crippen molar-refractivity contribution in [3.8, 4) is 0 Å². The topological polar surface area (TPSA) is 45.6 Å². The Morgan fingerprint density at radius 2 is 1.89 bits per heavy atom. The molecule has 0 aromatic carbocycles. The molecule has 0 radical (unpaired) electrons. The van der Waals surface area contributed by atoms with Crippen LogP contribution in [0.3, 0.4) is 0 Å². The highest BCUT2D eigenvalue weighted by Gasteiger charge is 2.15. The zero-order valence-electron chi connectivity index (χ0n) is 11.6. The summed E-state index contributed by atoms with van der Waals surface area (Å²) < 4.78 is 5.54. The van der Waals surface area contributed by atoms with Crippen LogP contribution in [-0.2, 0) is 4.74 Å². The minimum Gasteiger partial charge on any atom is -0.376 e. The number of hydrogen-bond donors (Lipinski definition) is 2. The van der Waals surface area contributed by atoms with Crippen molar-refractivity contribution in [1.29, 1.82) is 0 Å². The molecule has 1 saturated heterocycles. The molecule has 2 fully saturated rings. The van der Waals surface area contributed by atoms with Gasteiger partial charge in [0.05, 0.1) is 6.10 Å². The predicted octanol–water partition coefficient (Wildman–Crippen LogP) is 2.73. The Labute approximate surface area is 121 Å². The number of ether oxygens (including phenoxy) is 1. The Kier molecular flexibility index (Phi) is 6.57. The zero-order chi connectivity index (χ0) is 13.3. The molecule has 1 saturated carbocycles. The van der Waals surface area contributed by atoms with Gasteiger partial charge in [-0.25, -0.2) is 0 Å². The van der Waals surface area contributed by atoms with Crippen LogP contribution in [-0.4, -0.2) is 30.1 Å². The van der Waals surface area contributed by atoms with E-state index >= 15 is 0 Å². The summed E-state index contributed by atoms with van der Waals surface area (Å²) in [6, 6.07) is 0. The van der Waals surface area contributed by atoms with E-state index < -0.39 is 0 Å². The van der Waals surface area contributed by atoms with Crippen LogP contribution in [0.25, 0.3) is 0 Å². The van der Waals surface area contributed by atoms with E-state index in [1.807, 2.05) is 0 Å². The maximum Gasteiger partial charge on any atom is 0.187 e. The maximum absolute atomic E-state index is 5.54. The lowest BCUT2D eigenvalue weighted by Gasteiger charge is -2.14. The van der Waals surface area contributed by atoms with Crippen LogP contribution < -0.4 is 10.7 Å². The first kappa shape index (κ1) is 14.7. The standard InChI is InChI=1S/C14H25N3OS/c19-14(15-11-13-9-6-10-18-13)17-16-12-7-4-2-1-3-5-8-12/h13H,1-11H2,(H2,15,17,19). The fourth-order valence-corrected chi connectivity index (χ4v) is 2.74. The highest BCUT2D eigenvalue weighted by atomic mass is 32.1. The van der Waals surface area contributed by atoms with Gasteiger partial charge in [-0.2, -0.15) is 5.10 Å². The second-order valence-corrected chi connectivity index (χ2v) is 5.81. The molecule has 1 heterocycles. The second kappa shape index (κ2) is 8.48. The molecule has 0 aromatic rings. The van der Waals surface area contributed by atoms with E-state index in [1.165, 1.54) is 37.8 Å². The molecule has 2 rings (SSSR count). The summed E-state index contributed by atoms with van der Waals surface area (Å²) in [4.78, 5) is 0. The van der Waals surface area contributed by atoms with Crippen LogP contribution >= 0.6 is 12.2 Å². The third-order valence-corrected chi connectivity index (χ3v) is 4.00. The average Bonchev–Trinajstić information content (AvgIpc) is 2.88. The Bertz CT molecular complexity index is 304. The number of rotatable bonds is 3. The van der Waals surface area contributed by atoms with Gasteiger partial charge in [-0.1, -0.05) is 19.3 Å². The molecule has 0 spiro atoms. The van der Waals surface area contributed by atoms with Gasteiger partial charge in [-0.3, -0.25) is 5.43 Å². The molecule has 0 amide bonds. The Balaban J connectivity index is 1.65. The molecule has 2 aliphatic rings. The van der Waals surface area contributed by atoms with Gasteiger partial charge in [-0.05, 0) is 50.7 Å². The summed E-state index contributed by atoms with van der Waals surface area (Å²) in [5, 5.41) is 8.25. The molecule has 0 aromatic heterocycles. The lowest BCUT2D eigenvalue weighted by molar-refractivity contribution is 0.114. The van der Waals surface area contributed by atoms with Gasteiger partial charge in [0.25, 0.3) is 0 Å². The summed E-state index contributed by atoms with van der Waals surface area (Å²) >= 11 is 5.23. The summed E-state index contributed by atoms with van der Waals surface area (Å²) in [5.41, 5.74) is 4.24. The van der Waals surface area contributed by atoms with E-state index in [4.69, 9.17) is 17.0 Å². The number of nitrogens with zero attached hydrogens (tertiary/aromatic N) is 1. The summed E-state index contributed by atoms with van der Waals surface area (Å²) in [7, 11) is 0. The first-order valence-electron chi connectivity index (χ1n) is 7.55. The third-order valence-electron chi connectivity index (χ3n) is 3.76. The van der Waals surface area contributed by atoms with Crippen molar-refractivity contribution < 1.29 is 4.74 Å². The van der Waals surface area contributed by atoms with Crippen LogP contribution in [0, 0.1) is 0 Å². The first-order valence-corrected chi connectivity index (χ1v) is 7.96. The fraction of sp³-hybridized carbons (Fsp3) is 0.857. The molecule has 5 heteroatoms. The van der Waals surface area contributed by atoms with Crippen molar-refractivity contribution in [3.05, 3.63) is 0 Å². The van der Waals surface area contributed by atoms with Crippen molar-refractivity contribution in [2.75, 3.05) is 13.2 Å². The van der Waals surface area contributed by atoms with Gasteiger partial charge < -0.3 is 10.1 Å². The van der Waals surface area contributed by atoms with E-state index in [0.717, 1.165) is 38.8 Å². The molecule has 1 aliphatic heterocycles. The predicted molar refractivity (Wildman–Crippen MR) is 82.5 cm³/mol. The monoisotopic (exact) mass is 283 g/mol. The van der Waals surface area contributed by atoms with Crippen LogP contribution in [0.2, 0.25) is 0 Å². The molecule has 2 N–H and O–H groups in total. The molecule has 1 aliphatic carbocycles. The highest BCUT2D eigenvalue weighted by Crippen LogP contribution is 2.14. The van der Waals surface area contributed by atoms with Crippen molar-refractivity contribution in [3.63, 3.8) is 0 Å². The molecular weight excluding hydrogens is 258 g/mol. The number of nitrogens with one attached hydrogen (secondary N) is 2. The number of hydrazone groups is 1. The molecule has 19 heavy (non-hydrogen) atoms. The minimum absolute atomic E-state index is 0.314. The van der Waals surface area contributed by atoms with Gasteiger partial charge >= 0.3 is 0 Å². The van der Waals surface area contributed by atoms with E-state index in [0.29, 0.717) is 11.2 Å². The van der Waals surface area contributed by atoms with E-state index in [2.05, 4.69) is 15.8 Å². The molecular formula is C14H25N3OS. The van der Waals surface area contributed by atoms with Gasteiger partial charge in [-0.15, -0.1) is 0 Å². The largest absolute Gasteiger partial charge is 0.376 e. The van der Waals surface area contributed by atoms with Crippen LogP contribution in [0.5, 0.6) is 0 Å². The summed E-state index contributed by atoms with van der Waals surface area (Å²) in [6.07, 6.45) is 11.4. The number of hydrogen-bond acceptors (Lipinski definition) is 3. The molecule has 1 atom stereocenters. The van der Waals surface area contributed by atoms with Crippen molar-refractivity contribution in [1.82, 2.24) is 10.7 Å². The first-order chi connectivity index (χ1) is 9.34. The van der Waals surface area contributed by atoms with Gasteiger partial charge in [0.1, 0.15) is 0 Å². The lowest BCUT2D eigenvalue weighted by atomic mass is 9.99. The van der Waals surface area contributed by atoms with E-state index in [-0.39, 0.29) is 0 Å². The van der Waals surface area contributed by atoms with Crippen LogP contribution in [0.1, 0.15) is 57.8 Å². The number of thiocarbonyl (C=S) groups is 1. The summed E-state index contributed by atoms with van der Waals surface area (Å²) in [6.45, 7) is 1.67. The Morgan fingerprint density at radius 1 is 1.16 bits per heavy atom. The van der Waals surface area contributed by atoms with Crippen molar-refractivity contribution in [2.45, 2.75) is 63.9 Å². The zero-order valence-corrected chi connectivity index (χ0v) is 12.4. The van der Waals surface area contributed by atoms with Crippen molar-refractivity contribution in [2.24, 2.45) is 5.10 Å². The van der Waals surface area contributed by atoms with Gasteiger partial charge in [0.15, 0.2) is 5.11 Å². The average molecular weight is 283 g/mol. The second-order valence-electron chi connectivity index (χ2n) is 5.40. The molecule has 4 nitrogen and oxygen atoms in total. The third kappa shape index (κ3) is 5.87. The normalized spacial score (nSPS) is 24.4. The van der Waals surface area contributed by atoms with Gasteiger partial charge in [0.2, 0.25) is 0 Å². The molecule has 1 unspecified atom stereocenters. The Hall–Kier alpha value is -0.680. The minimum atomic E-state index is 0.314. The SMILES string of the molecule is S=C(NCC1CCCO1)NN=C1CCCCCCC1. The smallest absolute Gasteiger partial charge is 0.187 e. The van der Waals surface area contributed by atoms with E-state index in [1.54, 1.807) is 0 Å². The van der Waals surface area contributed by atoms with Crippen molar-refractivity contribution >= 4 is 23.0 Å².